The van der Waals surface area contributed by atoms with Crippen LogP contribution in [0.4, 0.5) is 0 Å². The van der Waals surface area contributed by atoms with E-state index in [-0.39, 0.29) is 17.1 Å². The maximum Gasteiger partial charge on any atom is 0.0354 e. The summed E-state index contributed by atoms with van der Waals surface area (Å²) in [5, 5.41) is 3.42. The van der Waals surface area contributed by atoms with Gasteiger partial charge in [0.2, 0.25) is 0 Å². The Labute approximate surface area is 88.2 Å². The second kappa shape index (κ2) is 3.72. The van der Waals surface area contributed by atoms with E-state index in [0.29, 0.717) is 0 Å². The molecule has 1 aromatic carbocycles. The first-order valence-electron chi connectivity index (χ1n) is 2.99. The Morgan fingerprint density at radius 2 is 2.00 bits per heavy atom. The molecule has 0 nitrogen and oxygen atoms in total. The Morgan fingerprint density at radius 1 is 1.18 bits per heavy atom. The van der Waals surface area contributed by atoms with Crippen molar-refractivity contribution >= 4 is 37.4 Å². The first-order chi connectivity index (χ1) is 4.88. The summed E-state index contributed by atoms with van der Waals surface area (Å²) in [6.45, 7) is 0. The summed E-state index contributed by atoms with van der Waals surface area (Å²) in [4.78, 5) is 0. The fourth-order valence-electron chi connectivity index (χ4n) is 0.957. The van der Waals surface area contributed by atoms with Crippen molar-refractivity contribution in [3.63, 3.8) is 0 Å². The van der Waals surface area contributed by atoms with Crippen LogP contribution in [0, 0.1) is 0 Å². The molecule has 0 N–H and O–H groups in total. The first kappa shape index (κ1) is 9.27. The molecular formula is C8H5BrCuS. The van der Waals surface area contributed by atoms with Gasteiger partial charge in [-0.15, -0.1) is 11.3 Å². The van der Waals surface area contributed by atoms with Crippen molar-refractivity contribution < 1.29 is 17.1 Å². The molecule has 0 aliphatic rings. The van der Waals surface area contributed by atoms with Crippen LogP contribution in [0.3, 0.4) is 0 Å². The second-order valence-electron chi connectivity index (χ2n) is 2.07. The van der Waals surface area contributed by atoms with Gasteiger partial charge < -0.3 is 0 Å². The summed E-state index contributed by atoms with van der Waals surface area (Å²) >= 11 is 5.25. The van der Waals surface area contributed by atoms with Crippen molar-refractivity contribution in [2.24, 2.45) is 0 Å². The van der Waals surface area contributed by atoms with E-state index in [9.17, 15) is 0 Å². The third kappa shape index (κ3) is 1.67. The monoisotopic (exact) mass is 275 g/mol. The third-order valence-electron chi connectivity index (χ3n) is 1.44. The van der Waals surface area contributed by atoms with Crippen molar-refractivity contribution in [2.45, 2.75) is 0 Å². The Bertz CT molecular complexity index is 356. The predicted octanol–water partition coefficient (Wildman–Crippen LogP) is 3.66. The van der Waals surface area contributed by atoms with E-state index in [1.165, 1.54) is 14.6 Å². The van der Waals surface area contributed by atoms with Crippen LogP contribution in [0.5, 0.6) is 0 Å². The van der Waals surface area contributed by atoms with Crippen LogP contribution in [0.15, 0.2) is 34.1 Å². The number of hydrogen-bond donors (Lipinski definition) is 0. The number of rotatable bonds is 0. The van der Waals surface area contributed by atoms with Crippen LogP contribution in [-0.2, 0) is 17.1 Å². The average Bonchev–Trinajstić information content (AvgIpc) is 2.36. The molecular weight excluding hydrogens is 272 g/mol. The molecule has 3 heteroatoms. The molecule has 0 aliphatic carbocycles. The Kier molecular flexibility index (Phi) is 3.14. The quantitative estimate of drug-likeness (QED) is 0.644. The van der Waals surface area contributed by atoms with Gasteiger partial charge in [0.25, 0.3) is 0 Å². The van der Waals surface area contributed by atoms with Gasteiger partial charge >= 0.3 is 0 Å². The molecule has 1 heterocycles. The standard InChI is InChI=1S/C8H5BrS.Cu/c9-7-2-1-3-8-6(7)4-5-10-8;/h1-5H;. The summed E-state index contributed by atoms with van der Waals surface area (Å²) in [6.07, 6.45) is 0. The number of thiophene rings is 1. The maximum absolute atomic E-state index is 3.48. The van der Waals surface area contributed by atoms with Crippen molar-refractivity contribution in [3.05, 3.63) is 34.1 Å². The molecule has 0 bridgehead atoms. The SMILES string of the molecule is Brc1cccc2sccc12.[Cu]. The van der Waals surface area contributed by atoms with Gasteiger partial charge in [-0.2, -0.15) is 0 Å². The van der Waals surface area contributed by atoms with Gasteiger partial charge in [-0.3, -0.25) is 0 Å². The normalized spacial score (nSPS) is 9.55. The number of halogens is 1. The van der Waals surface area contributed by atoms with E-state index >= 15 is 0 Å². The van der Waals surface area contributed by atoms with Crippen LogP contribution < -0.4 is 0 Å². The minimum absolute atomic E-state index is 0. The summed E-state index contributed by atoms with van der Waals surface area (Å²) in [5.74, 6) is 0. The molecule has 0 amide bonds. The predicted molar refractivity (Wildman–Crippen MR) is 49.5 cm³/mol. The van der Waals surface area contributed by atoms with E-state index in [1.807, 2.05) is 0 Å². The zero-order valence-electron chi connectivity index (χ0n) is 5.47. The maximum atomic E-state index is 3.48. The van der Waals surface area contributed by atoms with Crippen LogP contribution in [0.1, 0.15) is 0 Å². The van der Waals surface area contributed by atoms with Crippen LogP contribution in [0.2, 0.25) is 0 Å². The van der Waals surface area contributed by atoms with Gasteiger partial charge in [-0.25, -0.2) is 0 Å². The van der Waals surface area contributed by atoms with E-state index in [1.54, 1.807) is 11.3 Å². The van der Waals surface area contributed by atoms with Gasteiger partial charge in [-0.1, -0.05) is 22.0 Å². The Morgan fingerprint density at radius 3 is 2.73 bits per heavy atom. The minimum atomic E-state index is 0. The molecule has 0 aliphatic heterocycles. The fourth-order valence-corrected chi connectivity index (χ4v) is 2.40. The Balaban J connectivity index is 0.000000605. The zero-order valence-corrected chi connectivity index (χ0v) is 8.82. The summed E-state index contributed by atoms with van der Waals surface area (Å²) in [6, 6.07) is 8.38. The van der Waals surface area contributed by atoms with Crippen LogP contribution in [0.25, 0.3) is 10.1 Å². The molecule has 0 unspecified atom stereocenters. The van der Waals surface area contributed by atoms with Gasteiger partial charge in [0.05, 0.1) is 0 Å². The second-order valence-corrected chi connectivity index (χ2v) is 3.87. The third-order valence-corrected chi connectivity index (χ3v) is 3.02. The smallest absolute Gasteiger partial charge is 0.0354 e. The van der Waals surface area contributed by atoms with Crippen molar-refractivity contribution in [2.75, 3.05) is 0 Å². The van der Waals surface area contributed by atoms with Crippen LogP contribution >= 0.6 is 27.3 Å². The van der Waals surface area contributed by atoms with Crippen molar-refractivity contribution in [3.8, 4) is 0 Å². The average molecular weight is 277 g/mol. The molecule has 0 atom stereocenters. The molecule has 2 aromatic rings. The molecule has 2 rings (SSSR count). The van der Waals surface area contributed by atoms with E-state index in [0.717, 1.165) is 0 Å². The number of benzene rings is 1. The minimum Gasteiger partial charge on any atom is -0.144 e. The molecule has 0 saturated carbocycles. The molecule has 1 aromatic heterocycles. The molecule has 1 radical (unpaired) electrons. The summed E-state index contributed by atoms with van der Waals surface area (Å²) in [5.41, 5.74) is 0. The van der Waals surface area contributed by atoms with Crippen LogP contribution in [-0.4, -0.2) is 0 Å². The van der Waals surface area contributed by atoms with Gasteiger partial charge in [-0.05, 0) is 23.6 Å². The molecule has 0 spiro atoms. The number of fused-ring (bicyclic) bond motifs is 1. The first-order valence-corrected chi connectivity index (χ1v) is 4.67. The van der Waals surface area contributed by atoms with Gasteiger partial charge in [0, 0.05) is 31.6 Å². The van der Waals surface area contributed by atoms with Gasteiger partial charge in [0.15, 0.2) is 0 Å². The van der Waals surface area contributed by atoms with E-state index in [4.69, 9.17) is 0 Å². The molecule has 0 saturated heterocycles. The number of hydrogen-bond acceptors (Lipinski definition) is 1. The van der Waals surface area contributed by atoms with Gasteiger partial charge in [0.1, 0.15) is 0 Å². The van der Waals surface area contributed by atoms with E-state index in [2.05, 4.69) is 45.6 Å². The molecule has 61 valence electrons. The van der Waals surface area contributed by atoms with Crippen molar-refractivity contribution in [1.29, 1.82) is 0 Å². The largest absolute Gasteiger partial charge is 0.144 e. The van der Waals surface area contributed by atoms with Crippen molar-refractivity contribution in [1.82, 2.24) is 0 Å². The molecule has 0 fully saturated rings. The summed E-state index contributed by atoms with van der Waals surface area (Å²) < 4.78 is 2.53. The summed E-state index contributed by atoms with van der Waals surface area (Å²) in [7, 11) is 0. The Hall–Kier alpha value is 0.179. The molecule has 11 heavy (non-hydrogen) atoms. The topological polar surface area (TPSA) is 0 Å². The van der Waals surface area contributed by atoms with E-state index < -0.39 is 0 Å². The fraction of sp³-hybridized carbons (Fsp3) is 0. The zero-order chi connectivity index (χ0) is 6.97.